The van der Waals surface area contributed by atoms with Crippen LogP contribution < -0.4 is 10.1 Å². The van der Waals surface area contributed by atoms with Crippen molar-refractivity contribution in [2.24, 2.45) is 0 Å². The zero-order valence-electron chi connectivity index (χ0n) is 15.7. The lowest BCUT2D eigenvalue weighted by molar-refractivity contribution is 0.00282. The number of ether oxygens (including phenoxy) is 2. The van der Waals surface area contributed by atoms with E-state index in [2.05, 4.69) is 25.4 Å². The molecular weight excluding hydrogens is 358 g/mol. The molecule has 5 rings (SSSR count). The fourth-order valence-electron chi connectivity index (χ4n) is 3.62. The molecule has 0 bridgehead atoms. The molecule has 1 aliphatic carbocycles. The Balaban J connectivity index is 1.47. The lowest BCUT2D eigenvalue weighted by Crippen LogP contribution is -2.41. The summed E-state index contributed by atoms with van der Waals surface area (Å²) >= 11 is 0. The molecule has 1 saturated carbocycles. The highest BCUT2D eigenvalue weighted by molar-refractivity contribution is 5.84. The summed E-state index contributed by atoms with van der Waals surface area (Å²) in [4.78, 5) is 13.2. The van der Waals surface area contributed by atoms with Gasteiger partial charge in [0.05, 0.1) is 13.2 Å². The van der Waals surface area contributed by atoms with Crippen LogP contribution in [0.3, 0.4) is 0 Å². The second kappa shape index (κ2) is 6.75. The summed E-state index contributed by atoms with van der Waals surface area (Å²) in [5.74, 6) is 1.73. The van der Waals surface area contributed by atoms with E-state index < -0.39 is 0 Å². The third kappa shape index (κ3) is 2.84. The van der Waals surface area contributed by atoms with E-state index in [-0.39, 0.29) is 0 Å². The Morgan fingerprint density at radius 2 is 2.14 bits per heavy atom. The van der Waals surface area contributed by atoms with E-state index >= 15 is 0 Å². The van der Waals surface area contributed by atoms with Crippen LogP contribution in [0.2, 0.25) is 0 Å². The quantitative estimate of drug-likeness (QED) is 0.550. The van der Waals surface area contributed by atoms with Gasteiger partial charge in [-0.25, -0.2) is 14.5 Å². The van der Waals surface area contributed by atoms with Gasteiger partial charge in [-0.3, -0.25) is 4.40 Å². The summed E-state index contributed by atoms with van der Waals surface area (Å²) in [5, 5.41) is 7.98. The zero-order chi connectivity index (χ0) is 19.1. The number of fused-ring (bicyclic) bond motifs is 2. The Kier molecular flexibility index (Phi) is 4.09. The maximum absolute atomic E-state index is 5.61. The molecule has 4 aromatic heterocycles. The highest BCUT2D eigenvalue weighted by Crippen LogP contribution is 2.32. The first-order chi connectivity index (χ1) is 13.7. The van der Waals surface area contributed by atoms with E-state index in [0.717, 1.165) is 36.1 Å². The summed E-state index contributed by atoms with van der Waals surface area (Å²) in [6.45, 7) is 2.77. The molecular formula is C19H21N7O2. The van der Waals surface area contributed by atoms with Gasteiger partial charge in [-0.05, 0) is 25.8 Å². The van der Waals surface area contributed by atoms with Crippen molar-refractivity contribution in [1.82, 2.24) is 29.0 Å². The van der Waals surface area contributed by atoms with E-state index in [1.54, 1.807) is 24.0 Å². The molecule has 0 aromatic carbocycles. The Labute approximate surface area is 161 Å². The number of anilines is 1. The summed E-state index contributed by atoms with van der Waals surface area (Å²) in [7, 11) is 1.62. The molecule has 4 heterocycles. The van der Waals surface area contributed by atoms with Crippen molar-refractivity contribution in [2.45, 2.75) is 31.9 Å². The van der Waals surface area contributed by atoms with Gasteiger partial charge in [0.25, 0.3) is 0 Å². The number of methoxy groups -OCH3 is 1. The normalized spacial score (nSPS) is 19.1. The molecule has 0 radical (unpaired) electrons. The maximum atomic E-state index is 5.61. The topological polar surface area (TPSA) is 90.9 Å². The van der Waals surface area contributed by atoms with Crippen LogP contribution in [0, 0.1) is 0 Å². The number of rotatable bonds is 6. The van der Waals surface area contributed by atoms with Crippen LogP contribution in [0.4, 0.5) is 5.95 Å². The Bertz CT molecular complexity index is 1130. The van der Waals surface area contributed by atoms with Gasteiger partial charge in [0.2, 0.25) is 17.6 Å². The minimum absolute atomic E-state index is 0.321. The maximum Gasteiger partial charge on any atom is 0.244 e. The highest BCUT2D eigenvalue weighted by atomic mass is 16.5. The van der Waals surface area contributed by atoms with E-state index in [4.69, 9.17) is 9.47 Å². The minimum atomic E-state index is 0.321. The largest absolute Gasteiger partial charge is 0.479 e. The molecule has 144 valence electrons. The molecule has 0 unspecified atom stereocenters. The predicted octanol–water partition coefficient (Wildman–Crippen LogP) is 2.43. The monoisotopic (exact) mass is 379 g/mol. The Morgan fingerprint density at radius 3 is 2.96 bits per heavy atom. The first-order valence-electron chi connectivity index (χ1n) is 9.35. The molecule has 1 N–H and O–H groups in total. The molecule has 1 aliphatic rings. The van der Waals surface area contributed by atoms with E-state index in [1.165, 1.54) is 0 Å². The lowest BCUT2D eigenvalue weighted by atomic mass is 9.89. The van der Waals surface area contributed by atoms with Gasteiger partial charge >= 0.3 is 0 Å². The number of nitrogens with one attached hydrogen (secondary N) is 1. The van der Waals surface area contributed by atoms with Crippen LogP contribution in [-0.2, 0) is 4.74 Å². The summed E-state index contributed by atoms with van der Waals surface area (Å²) in [6, 6.07) is 2.31. The molecule has 0 aliphatic heterocycles. The summed E-state index contributed by atoms with van der Waals surface area (Å²) in [6.07, 6.45) is 11.5. The van der Waals surface area contributed by atoms with Crippen molar-refractivity contribution in [3.05, 3.63) is 37.1 Å². The van der Waals surface area contributed by atoms with Crippen LogP contribution in [-0.4, -0.2) is 54.8 Å². The van der Waals surface area contributed by atoms with Gasteiger partial charge in [0, 0.05) is 54.8 Å². The molecule has 28 heavy (non-hydrogen) atoms. The summed E-state index contributed by atoms with van der Waals surface area (Å²) < 4.78 is 14.9. The molecule has 0 spiro atoms. The minimum Gasteiger partial charge on any atom is -0.479 e. The Morgan fingerprint density at radius 1 is 1.25 bits per heavy atom. The standard InChI is InChI=1S/C19H21N7O2/c1-3-28-14-8-13(9-14)22-18-23-17(27-2)16-15(4-6-26(16)24-18)12-10-21-19-20-5-7-25(19)11-12/h4-7,10-11,13-14H,3,8-9H2,1-2H3,(H,22,24). The van der Waals surface area contributed by atoms with Crippen molar-refractivity contribution in [2.75, 3.05) is 19.0 Å². The molecule has 1 fully saturated rings. The van der Waals surface area contributed by atoms with E-state index in [9.17, 15) is 0 Å². The predicted molar refractivity (Wildman–Crippen MR) is 104 cm³/mol. The first-order valence-corrected chi connectivity index (χ1v) is 9.35. The van der Waals surface area contributed by atoms with Gasteiger partial charge in [-0.15, -0.1) is 5.10 Å². The van der Waals surface area contributed by atoms with Crippen LogP contribution in [0.25, 0.3) is 22.4 Å². The average Bonchev–Trinajstić information content (AvgIpc) is 3.31. The molecule has 9 nitrogen and oxygen atoms in total. The molecule has 9 heteroatoms. The lowest BCUT2D eigenvalue weighted by Gasteiger charge is -2.35. The number of nitrogens with zero attached hydrogens (tertiary/aromatic N) is 6. The smallest absolute Gasteiger partial charge is 0.244 e. The van der Waals surface area contributed by atoms with Gasteiger partial charge in [0.15, 0.2) is 0 Å². The summed E-state index contributed by atoms with van der Waals surface area (Å²) in [5.41, 5.74) is 2.69. The second-order valence-corrected chi connectivity index (χ2v) is 6.83. The van der Waals surface area contributed by atoms with Crippen LogP contribution in [0.15, 0.2) is 37.1 Å². The number of hydrogen-bond donors (Lipinski definition) is 1. The van der Waals surface area contributed by atoms with Crippen molar-refractivity contribution in [3.63, 3.8) is 0 Å². The average molecular weight is 379 g/mol. The highest BCUT2D eigenvalue weighted by Gasteiger charge is 2.30. The fraction of sp³-hybridized carbons (Fsp3) is 0.368. The van der Waals surface area contributed by atoms with Gasteiger partial charge in [-0.2, -0.15) is 4.98 Å². The van der Waals surface area contributed by atoms with Crippen molar-refractivity contribution in [1.29, 1.82) is 0 Å². The molecule has 0 saturated heterocycles. The van der Waals surface area contributed by atoms with Crippen molar-refractivity contribution in [3.8, 4) is 17.0 Å². The fourth-order valence-corrected chi connectivity index (χ4v) is 3.62. The van der Waals surface area contributed by atoms with Gasteiger partial charge in [-0.1, -0.05) is 0 Å². The second-order valence-electron chi connectivity index (χ2n) is 6.83. The number of hydrogen-bond acceptors (Lipinski definition) is 7. The Hall–Kier alpha value is -3.20. The van der Waals surface area contributed by atoms with Crippen molar-refractivity contribution < 1.29 is 9.47 Å². The first kappa shape index (κ1) is 16.9. The number of imidazole rings is 1. The van der Waals surface area contributed by atoms with E-state index in [1.807, 2.05) is 36.0 Å². The SMILES string of the molecule is CCOC1CC(Nc2nc(OC)c3c(-c4cnc5nccn5c4)ccn3n2)C1. The molecule has 4 aromatic rings. The third-order valence-corrected chi connectivity index (χ3v) is 5.06. The van der Waals surface area contributed by atoms with E-state index in [0.29, 0.717) is 29.8 Å². The zero-order valence-corrected chi connectivity index (χ0v) is 15.7. The van der Waals surface area contributed by atoms with Crippen molar-refractivity contribution >= 4 is 17.2 Å². The number of aromatic nitrogens is 6. The van der Waals surface area contributed by atoms with Gasteiger partial charge < -0.3 is 14.8 Å². The van der Waals surface area contributed by atoms with Crippen LogP contribution in [0.5, 0.6) is 5.88 Å². The van der Waals surface area contributed by atoms with Gasteiger partial charge in [0.1, 0.15) is 5.52 Å². The third-order valence-electron chi connectivity index (χ3n) is 5.06. The van der Waals surface area contributed by atoms with Crippen LogP contribution in [0.1, 0.15) is 19.8 Å². The molecule has 0 amide bonds. The van der Waals surface area contributed by atoms with Crippen LogP contribution >= 0.6 is 0 Å². The molecule has 0 atom stereocenters.